The number of rotatable bonds is 4. The summed E-state index contributed by atoms with van der Waals surface area (Å²) in [7, 11) is 1.53. The van der Waals surface area contributed by atoms with Crippen LogP contribution in [-0.2, 0) is 4.84 Å². The number of nitrogens with zero attached hydrogens (tertiary/aromatic N) is 1. The first-order valence-corrected chi connectivity index (χ1v) is 6.54. The zero-order chi connectivity index (χ0) is 13.7. The highest BCUT2D eigenvalue weighted by molar-refractivity contribution is 6.30. The van der Waals surface area contributed by atoms with Gasteiger partial charge in [0.2, 0.25) is 0 Å². The van der Waals surface area contributed by atoms with Crippen LogP contribution in [0.3, 0.4) is 0 Å². The molecule has 4 heteroatoms. The van der Waals surface area contributed by atoms with Crippen LogP contribution in [0.2, 0.25) is 10.0 Å². The molecule has 2 aromatic rings. The van der Waals surface area contributed by atoms with Gasteiger partial charge in [-0.05, 0) is 35.4 Å². The lowest BCUT2D eigenvalue weighted by Crippen LogP contribution is -2.02. The molecule has 0 heterocycles. The SMILES string of the molecule is CON=CC(c1ccc(Cl)cc1)c1ccc(Cl)cc1. The fourth-order valence-corrected chi connectivity index (χ4v) is 2.08. The van der Waals surface area contributed by atoms with Crippen molar-refractivity contribution in [3.8, 4) is 0 Å². The van der Waals surface area contributed by atoms with Crippen molar-refractivity contribution in [3.63, 3.8) is 0 Å². The molecule has 0 N–H and O–H groups in total. The van der Waals surface area contributed by atoms with Crippen molar-refractivity contribution in [2.24, 2.45) is 5.16 Å². The Morgan fingerprint density at radius 1 is 0.895 bits per heavy atom. The Morgan fingerprint density at radius 3 is 1.68 bits per heavy atom. The van der Waals surface area contributed by atoms with E-state index in [2.05, 4.69) is 5.16 Å². The maximum Gasteiger partial charge on any atom is 0.106 e. The Bertz CT molecular complexity index is 504. The van der Waals surface area contributed by atoms with Gasteiger partial charge in [-0.15, -0.1) is 0 Å². The fraction of sp³-hybridized carbons (Fsp3) is 0.133. The molecule has 0 aliphatic heterocycles. The molecule has 0 bridgehead atoms. The standard InChI is InChI=1S/C15H13Cl2NO/c1-19-18-10-15(11-2-6-13(16)7-3-11)12-4-8-14(17)9-5-12/h2-10,15H,1H3. The number of oxime groups is 1. The van der Waals surface area contributed by atoms with Crippen LogP contribution in [0, 0.1) is 0 Å². The Balaban J connectivity index is 2.38. The Hall–Kier alpha value is -1.51. The van der Waals surface area contributed by atoms with Crippen LogP contribution in [-0.4, -0.2) is 13.3 Å². The molecule has 0 radical (unpaired) electrons. The summed E-state index contributed by atoms with van der Waals surface area (Å²) in [5.74, 6) is 0.00878. The van der Waals surface area contributed by atoms with Gasteiger partial charge in [0.1, 0.15) is 7.11 Å². The third kappa shape index (κ3) is 3.72. The van der Waals surface area contributed by atoms with E-state index in [9.17, 15) is 0 Å². The summed E-state index contributed by atoms with van der Waals surface area (Å²) in [5, 5.41) is 5.30. The minimum atomic E-state index is 0.00878. The fourth-order valence-electron chi connectivity index (χ4n) is 1.83. The third-order valence-corrected chi connectivity index (χ3v) is 3.28. The number of hydrogen-bond acceptors (Lipinski definition) is 2. The minimum Gasteiger partial charge on any atom is -0.399 e. The molecule has 0 aliphatic rings. The summed E-state index contributed by atoms with van der Waals surface area (Å²) in [6.07, 6.45) is 1.76. The molecule has 0 atom stereocenters. The lowest BCUT2D eigenvalue weighted by atomic mass is 9.92. The molecular weight excluding hydrogens is 281 g/mol. The smallest absolute Gasteiger partial charge is 0.106 e. The van der Waals surface area contributed by atoms with Crippen molar-refractivity contribution in [3.05, 3.63) is 69.7 Å². The van der Waals surface area contributed by atoms with Crippen molar-refractivity contribution < 1.29 is 4.84 Å². The van der Waals surface area contributed by atoms with Crippen molar-refractivity contribution in [2.45, 2.75) is 5.92 Å². The van der Waals surface area contributed by atoms with Crippen molar-refractivity contribution in [1.82, 2.24) is 0 Å². The zero-order valence-corrected chi connectivity index (χ0v) is 11.9. The van der Waals surface area contributed by atoms with Gasteiger partial charge in [-0.3, -0.25) is 0 Å². The number of benzene rings is 2. The van der Waals surface area contributed by atoms with Gasteiger partial charge in [0.25, 0.3) is 0 Å². The molecule has 0 amide bonds. The first-order valence-electron chi connectivity index (χ1n) is 5.78. The lowest BCUT2D eigenvalue weighted by Gasteiger charge is -2.13. The molecule has 2 nitrogen and oxygen atoms in total. The second kappa shape index (κ2) is 6.60. The van der Waals surface area contributed by atoms with E-state index in [4.69, 9.17) is 28.0 Å². The third-order valence-electron chi connectivity index (χ3n) is 2.77. The average Bonchev–Trinajstić information content (AvgIpc) is 2.43. The van der Waals surface area contributed by atoms with E-state index in [1.165, 1.54) is 7.11 Å². The first-order chi connectivity index (χ1) is 9.20. The largest absolute Gasteiger partial charge is 0.399 e. The zero-order valence-electron chi connectivity index (χ0n) is 10.4. The number of hydrogen-bond donors (Lipinski definition) is 0. The minimum absolute atomic E-state index is 0.00878. The quantitative estimate of drug-likeness (QED) is 0.588. The molecule has 0 aromatic heterocycles. The summed E-state index contributed by atoms with van der Waals surface area (Å²) >= 11 is 11.8. The van der Waals surface area contributed by atoms with E-state index >= 15 is 0 Å². The monoisotopic (exact) mass is 293 g/mol. The highest BCUT2D eigenvalue weighted by Crippen LogP contribution is 2.25. The van der Waals surface area contributed by atoms with Crippen molar-refractivity contribution in [1.29, 1.82) is 0 Å². The van der Waals surface area contributed by atoms with E-state index in [0.29, 0.717) is 10.0 Å². The second-order valence-corrected chi connectivity index (χ2v) is 4.89. The van der Waals surface area contributed by atoms with Gasteiger partial charge >= 0.3 is 0 Å². The van der Waals surface area contributed by atoms with Crippen LogP contribution in [0.25, 0.3) is 0 Å². The molecule has 2 rings (SSSR count). The van der Waals surface area contributed by atoms with Gasteiger partial charge in [0, 0.05) is 16.0 Å². The highest BCUT2D eigenvalue weighted by Gasteiger charge is 2.12. The van der Waals surface area contributed by atoms with Gasteiger partial charge in [0.15, 0.2) is 0 Å². The topological polar surface area (TPSA) is 21.6 Å². The Morgan fingerprint density at radius 2 is 1.32 bits per heavy atom. The molecule has 0 saturated heterocycles. The average molecular weight is 294 g/mol. The van der Waals surface area contributed by atoms with Crippen LogP contribution in [0.5, 0.6) is 0 Å². The molecule has 0 aliphatic carbocycles. The van der Waals surface area contributed by atoms with Gasteiger partial charge in [-0.2, -0.15) is 0 Å². The lowest BCUT2D eigenvalue weighted by molar-refractivity contribution is 0.214. The van der Waals surface area contributed by atoms with E-state index in [1.54, 1.807) is 6.21 Å². The molecule has 0 unspecified atom stereocenters. The van der Waals surface area contributed by atoms with Crippen LogP contribution in [0.15, 0.2) is 53.7 Å². The van der Waals surface area contributed by atoms with E-state index in [-0.39, 0.29) is 5.92 Å². The van der Waals surface area contributed by atoms with Crippen LogP contribution < -0.4 is 0 Å². The van der Waals surface area contributed by atoms with Crippen LogP contribution >= 0.6 is 23.2 Å². The first kappa shape index (κ1) is 13.9. The van der Waals surface area contributed by atoms with Gasteiger partial charge in [-0.1, -0.05) is 52.6 Å². The Labute approximate surface area is 122 Å². The maximum atomic E-state index is 5.91. The van der Waals surface area contributed by atoms with E-state index < -0.39 is 0 Å². The molecule has 2 aromatic carbocycles. The number of halogens is 2. The molecule has 0 fully saturated rings. The summed E-state index contributed by atoms with van der Waals surface area (Å²) in [6.45, 7) is 0. The molecule has 19 heavy (non-hydrogen) atoms. The molecule has 98 valence electrons. The van der Waals surface area contributed by atoms with Crippen molar-refractivity contribution >= 4 is 29.4 Å². The van der Waals surface area contributed by atoms with Crippen LogP contribution in [0.4, 0.5) is 0 Å². The summed E-state index contributed by atoms with van der Waals surface area (Å²) in [5.41, 5.74) is 2.18. The van der Waals surface area contributed by atoms with Gasteiger partial charge in [0.05, 0.1) is 6.21 Å². The van der Waals surface area contributed by atoms with Gasteiger partial charge < -0.3 is 4.84 Å². The van der Waals surface area contributed by atoms with E-state index in [1.807, 2.05) is 48.5 Å². The summed E-state index contributed by atoms with van der Waals surface area (Å²) in [4.78, 5) is 4.78. The summed E-state index contributed by atoms with van der Waals surface area (Å²) in [6, 6.07) is 15.3. The Kier molecular flexibility index (Phi) is 4.83. The van der Waals surface area contributed by atoms with Crippen LogP contribution in [0.1, 0.15) is 17.0 Å². The van der Waals surface area contributed by atoms with Crippen molar-refractivity contribution in [2.75, 3.05) is 7.11 Å². The maximum absolute atomic E-state index is 5.91. The molecule has 0 saturated carbocycles. The molecule has 0 spiro atoms. The predicted molar refractivity (Wildman–Crippen MR) is 80.2 cm³/mol. The highest BCUT2D eigenvalue weighted by atomic mass is 35.5. The summed E-state index contributed by atoms with van der Waals surface area (Å²) < 4.78 is 0. The normalized spacial score (nSPS) is 11.2. The van der Waals surface area contributed by atoms with E-state index in [0.717, 1.165) is 11.1 Å². The molecular formula is C15H13Cl2NO. The predicted octanol–water partition coefficient (Wildman–Crippen LogP) is 4.76. The second-order valence-electron chi connectivity index (χ2n) is 4.02. The van der Waals surface area contributed by atoms with Gasteiger partial charge in [-0.25, -0.2) is 0 Å².